The molecule has 0 aromatic heterocycles. The number of likely N-dealkylation sites (tertiary alicyclic amines) is 1. The molecule has 3 aromatic rings. The number of piperidine rings is 1. The molecule has 1 N–H and O–H groups in total. The fourth-order valence-corrected chi connectivity index (χ4v) is 5.55. The number of carbonyl (C=O) groups is 1. The number of para-hydroxylation sites is 1. The number of ether oxygens (including phenoxy) is 3. The lowest BCUT2D eigenvalue weighted by molar-refractivity contribution is -0.0971. The van der Waals surface area contributed by atoms with Crippen molar-refractivity contribution < 1.29 is 24.1 Å². The number of nitrogens with zero attached hydrogens (tertiary/aromatic N) is 1. The Balaban J connectivity index is 1.67. The van der Waals surface area contributed by atoms with Gasteiger partial charge in [-0.15, -0.1) is 0 Å². The van der Waals surface area contributed by atoms with Crippen LogP contribution < -0.4 is 4.74 Å². The lowest BCUT2D eigenvalue weighted by atomic mass is 9.74. The second kappa shape index (κ2) is 12.7. The third-order valence-corrected chi connectivity index (χ3v) is 7.18. The highest BCUT2D eigenvalue weighted by molar-refractivity contribution is 5.69. The molecule has 0 aliphatic carbocycles. The molecule has 0 bridgehead atoms. The first-order valence-corrected chi connectivity index (χ1v) is 13.7. The second-order valence-corrected chi connectivity index (χ2v) is 11.3. The average Bonchev–Trinajstić information content (AvgIpc) is 2.92. The van der Waals surface area contributed by atoms with Crippen LogP contribution in [0, 0.1) is 0 Å². The molecular formula is C33H41NO5. The molecule has 1 heterocycles. The van der Waals surface area contributed by atoms with Gasteiger partial charge in [0.05, 0.1) is 32.0 Å². The summed E-state index contributed by atoms with van der Waals surface area (Å²) in [5, 5.41) is 12.5. The van der Waals surface area contributed by atoms with Gasteiger partial charge in [-0.05, 0) is 62.8 Å². The molecule has 1 aliphatic heterocycles. The third kappa shape index (κ3) is 7.40. The van der Waals surface area contributed by atoms with Crippen molar-refractivity contribution >= 4 is 6.09 Å². The molecule has 4 rings (SSSR count). The Morgan fingerprint density at radius 1 is 1.00 bits per heavy atom. The summed E-state index contributed by atoms with van der Waals surface area (Å²) in [4.78, 5) is 15.1. The Kier molecular flexibility index (Phi) is 9.31. The smallest absolute Gasteiger partial charge is 0.410 e. The fraction of sp³-hybridized carbons (Fsp3) is 0.424. The van der Waals surface area contributed by atoms with Gasteiger partial charge in [0.15, 0.2) is 0 Å². The number of hydrogen-bond acceptors (Lipinski definition) is 5. The monoisotopic (exact) mass is 531 g/mol. The quantitative estimate of drug-likeness (QED) is 0.326. The first-order chi connectivity index (χ1) is 18.7. The van der Waals surface area contributed by atoms with E-state index in [4.69, 9.17) is 14.2 Å². The van der Waals surface area contributed by atoms with Crippen LogP contribution in [0.15, 0.2) is 84.9 Å². The first kappa shape index (κ1) is 28.7. The minimum absolute atomic E-state index is 0.167. The Morgan fingerprint density at radius 3 is 2.31 bits per heavy atom. The molecule has 6 heteroatoms. The molecule has 39 heavy (non-hydrogen) atoms. The van der Waals surface area contributed by atoms with Crippen LogP contribution in [0.4, 0.5) is 4.79 Å². The summed E-state index contributed by atoms with van der Waals surface area (Å²) in [6.45, 7) is 6.96. The number of carbonyl (C=O) groups excluding carboxylic acids is 1. The van der Waals surface area contributed by atoms with Gasteiger partial charge in [-0.2, -0.15) is 0 Å². The number of aliphatic hydroxyl groups is 1. The summed E-state index contributed by atoms with van der Waals surface area (Å²) < 4.78 is 17.7. The summed E-state index contributed by atoms with van der Waals surface area (Å²) in [6.07, 6.45) is 1.20. The predicted molar refractivity (Wildman–Crippen MR) is 153 cm³/mol. The standard InChI is InChI=1S/C33H41NO5/c1-32(2,3)39-31(35)34-21-13-20-33(36,30(34)26-16-9-6-10-17-26)22-27(28-18-11-12-19-29(28)37-4)24-38-23-25-14-7-5-8-15-25/h5-12,14-19,27,30,36H,13,20-24H2,1-4H3/t27?,30-,33+/m0/s1. The van der Waals surface area contributed by atoms with Crippen LogP contribution >= 0.6 is 0 Å². The van der Waals surface area contributed by atoms with Crippen LogP contribution in [0.1, 0.15) is 68.7 Å². The first-order valence-electron chi connectivity index (χ1n) is 13.7. The van der Waals surface area contributed by atoms with E-state index in [1.807, 2.05) is 106 Å². The molecule has 0 spiro atoms. The highest BCUT2D eigenvalue weighted by atomic mass is 16.6. The molecule has 0 saturated carbocycles. The van der Waals surface area contributed by atoms with Crippen LogP contribution in [0.2, 0.25) is 0 Å². The van der Waals surface area contributed by atoms with E-state index in [0.29, 0.717) is 39.0 Å². The molecular weight excluding hydrogens is 490 g/mol. The van der Waals surface area contributed by atoms with E-state index in [0.717, 1.165) is 22.4 Å². The van der Waals surface area contributed by atoms with E-state index in [-0.39, 0.29) is 5.92 Å². The minimum atomic E-state index is -1.21. The van der Waals surface area contributed by atoms with Crippen LogP contribution in [0.5, 0.6) is 5.75 Å². The summed E-state index contributed by atoms with van der Waals surface area (Å²) in [5.41, 5.74) is 1.10. The average molecular weight is 532 g/mol. The van der Waals surface area contributed by atoms with Gasteiger partial charge in [-0.1, -0.05) is 78.9 Å². The van der Waals surface area contributed by atoms with E-state index in [1.54, 1.807) is 12.0 Å². The zero-order valence-electron chi connectivity index (χ0n) is 23.5. The molecule has 1 fully saturated rings. The number of benzene rings is 3. The minimum Gasteiger partial charge on any atom is -0.496 e. The van der Waals surface area contributed by atoms with Gasteiger partial charge >= 0.3 is 6.09 Å². The van der Waals surface area contributed by atoms with Crippen molar-refractivity contribution in [2.45, 2.75) is 69.8 Å². The van der Waals surface area contributed by atoms with E-state index in [9.17, 15) is 9.90 Å². The van der Waals surface area contributed by atoms with Gasteiger partial charge in [0.25, 0.3) is 0 Å². The molecule has 6 nitrogen and oxygen atoms in total. The van der Waals surface area contributed by atoms with Crippen LogP contribution in [0.3, 0.4) is 0 Å². The molecule has 0 radical (unpaired) electrons. The van der Waals surface area contributed by atoms with Crippen LogP contribution in [0.25, 0.3) is 0 Å². The zero-order valence-corrected chi connectivity index (χ0v) is 23.5. The van der Waals surface area contributed by atoms with Crippen molar-refractivity contribution in [3.63, 3.8) is 0 Å². The number of amides is 1. The Labute approximate surface area is 232 Å². The molecule has 1 amide bonds. The van der Waals surface area contributed by atoms with Gasteiger partial charge in [-0.3, -0.25) is 4.90 Å². The number of hydrogen-bond donors (Lipinski definition) is 1. The molecule has 3 aromatic carbocycles. The predicted octanol–water partition coefficient (Wildman–Crippen LogP) is 6.89. The van der Waals surface area contributed by atoms with Gasteiger partial charge in [-0.25, -0.2) is 4.79 Å². The van der Waals surface area contributed by atoms with Crippen molar-refractivity contribution in [2.24, 2.45) is 0 Å². The van der Waals surface area contributed by atoms with Gasteiger partial charge in [0.1, 0.15) is 11.4 Å². The maximum absolute atomic E-state index is 13.4. The second-order valence-electron chi connectivity index (χ2n) is 11.3. The van der Waals surface area contributed by atoms with Gasteiger partial charge < -0.3 is 19.3 Å². The van der Waals surface area contributed by atoms with Crippen molar-refractivity contribution in [1.29, 1.82) is 0 Å². The summed E-state index contributed by atoms with van der Waals surface area (Å²) in [7, 11) is 1.66. The third-order valence-electron chi connectivity index (χ3n) is 7.18. The van der Waals surface area contributed by atoms with Crippen molar-refractivity contribution in [2.75, 3.05) is 20.3 Å². The molecule has 1 aliphatic rings. The van der Waals surface area contributed by atoms with Crippen molar-refractivity contribution in [1.82, 2.24) is 4.90 Å². The van der Waals surface area contributed by atoms with Gasteiger partial charge in [0, 0.05) is 12.5 Å². The SMILES string of the molecule is COc1ccccc1C(COCc1ccccc1)C[C@]1(O)CCCN(C(=O)OC(C)(C)C)[C@H]1c1ccccc1. The van der Waals surface area contributed by atoms with Crippen LogP contribution in [-0.2, 0) is 16.1 Å². The molecule has 1 saturated heterocycles. The fourth-order valence-electron chi connectivity index (χ4n) is 5.55. The Morgan fingerprint density at radius 2 is 1.64 bits per heavy atom. The highest BCUT2D eigenvalue weighted by Crippen LogP contribution is 2.46. The van der Waals surface area contributed by atoms with E-state index in [2.05, 4.69) is 0 Å². The maximum Gasteiger partial charge on any atom is 0.410 e. The van der Waals surface area contributed by atoms with Crippen molar-refractivity contribution in [3.8, 4) is 5.75 Å². The Hall–Kier alpha value is -3.35. The van der Waals surface area contributed by atoms with Gasteiger partial charge in [0.2, 0.25) is 0 Å². The largest absolute Gasteiger partial charge is 0.496 e. The molecule has 208 valence electrons. The lowest BCUT2D eigenvalue weighted by Crippen LogP contribution is -2.54. The zero-order chi connectivity index (χ0) is 27.9. The maximum atomic E-state index is 13.4. The summed E-state index contributed by atoms with van der Waals surface area (Å²) in [5.74, 6) is 0.588. The lowest BCUT2D eigenvalue weighted by Gasteiger charge is -2.48. The molecule has 1 unspecified atom stereocenters. The highest BCUT2D eigenvalue weighted by Gasteiger charge is 2.48. The normalized spacial score (nSPS) is 20.3. The van der Waals surface area contributed by atoms with E-state index in [1.165, 1.54) is 0 Å². The number of methoxy groups -OCH3 is 1. The summed E-state index contributed by atoms with van der Waals surface area (Å²) in [6, 6.07) is 27.2. The van der Waals surface area contributed by atoms with Crippen LogP contribution in [-0.4, -0.2) is 47.6 Å². The van der Waals surface area contributed by atoms with E-state index < -0.39 is 23.3 Å². The Bertz CT molecular complexity index is 1190. The van der Waals surface area contributed by atoms with Crippen molar-refractivity contribution in [3.05, 3.63) is 102 Å². The number of rotatable bonds is 9. The molecule has 3 atom stereocenters. The summed E-state index contributed by atoms with van der Waals surface area (Å²) >= 11 is 0. The topological polar surface area (TPSA) is 68.2 Å². The van der Waals surface area contributed by atoms with E-state index >= 15 is 0 Å².